The van der Waals surface area contributed by atoms with Gasteiger partial charge in [0.1, 0.15) is 0 Å². The zero-order chi connectivity index (χ0) is 10.0. The van der Waals surface area contributed by atoms with E-state index in [2.05, 4.69) is 12.2 Å². The maximum atomic E-state index is 9.43. The molecule has 1 atom stereocenters. The maximum Gasteiger partial charge on any atom is 0.190 e. The van der Waals surface area contributed by atoms with Crippen molar-refractivity contribution in [2.45, 2.75) is 19.9 Å². The van der Waals surface area contributed by atoms with E-state index >= 15 is 0 Å². The van der Waals surface area contributed by atoms with Crippen molar-refractivity contribution < 1.29 is 5.21 Å². The molecule has 0 aromatic carbocycles. The number of nitrogens with zero attached hydrogens (tertiary/aromatic N) is 1. The Hall–Kier alpha value is -0.650. The monoisotopic (exact) mass is 216 g/mol. The summed E-state index contributed by atoms with van der Waals surface area (Å²) in [5.41, 5.74) is 5.29. The van der Waals surface area contributed by atoms with Crippen molar-refractivity contribution in [3.05, 3.63) is 21.9 Å². The molecule has 72 valence electrons. The second-order valence-corrected chi connectivity index (χ2v) is 4.54. The van der Waals surface area contributed by atoms with Crippen LogP contribution in [0.15, 0.2) is 12.1 Å². The van der Waals surface area contributed by atoms with Crippen LogP contribution in [-0.4, -0.2) is 15.4 Å². The van der Waals surface area contributed by atoms with Gasteiger partial charge in [-0.25, -0.2) is 5.06 Å². The summed E-state index contributed by atoms with van der Waals surface area (Å²) in [5.74, 6) is 0. The topological polar surface area (TPSA) is 49.5 Å². The molecule has 1 rings (SSSR count). The first-order chi connectivity index (χ1) is 6.02. The molecule has 5 heteroatoms. The first-order valence-corrected chi connectivity index (χ1v) is 5.08. The minimum Gasteiger partial charge on any atom is -0.374 e. The molecule has 0 bridgehead atoms. The summed E-state index contributed by atoms with van der Waals surface area (Å²) in [4.78, 5) is 2.26. The van der Waals surface area contributed by atoms with Crippen molar-refractivity contribution in [3.63, 3.8) is 0 Å². The Labute approximate surface area is 86.7 Å². The average Bonchev–Trinajstić information content (AvgIpc) is 2.49. The van der Waals surface area contributed by atoms with Crippen LogP contribution in [0.5, 0.6) is 0 Å². The van der Waals surface area contributed by atoms with Gasteiger partial charge in [-0.1, -0.05) is 0 Å². The van der Waals surface area contributed by atoms with Gasteiger partial charge in [0.15, 0.2) is 5.11 Å². The number of thiocarbonyl (C=S) groups is 1. The summed E-state index contributed by atoms with van der Waals surface area (Å²) >= 11 is 6.28. The number of nitrogens with two attached hydrogens (primary N) is 1. The lowest BCUT2D eigenvalue weighted by molar-refractivity contribution is -0.0465. The lowest BCUT2D eigenvalue weighted by Gasteiger charge is -2.21. The lowest BCUT2D eigenvalue weighted by atomic mass is 10.3. The predicted molar refractivity (Wildman–Crippen MR) is 57.9 cm³/mol. The van der Waals surface area contributed by atoms with Gasteiger partial charge in [0.2, 0.25) is 0 Å². The van der Waals surface area contributed by atoms with Crippen molar-refractivity contribution in [1.29, 1.82) is 0 Å². The fraction of sp³-hybridized carbons (Fsp3) is 0.375. The van der Waals surface area contributed by atoms with Crippen LogP contribution in [0.1, 0.15) is 22.7 Å². The Morgan fingerprint density at radius 3 is 2.69 bits per heavy atom. The zero-order valence-electron chi connectivity index (χ0n) is 7.52. The van der Waals surface area contributed by atoms with Crippen LogP contribution < -0.4 is 5.73 Å². The van der Waals surface area contributed by atoms with Crippen LogP contribution in [0, 0.1) is 6.92 Å². The Balaban J connectivity index is 2.78. The SMILES string of the molecule is Cc1ccc(C(C)N(O)C(N)=S)s1. The van der Waals surface area contributed by atoms with E-state index in [4.69, 9.17) is 5.73 Å². The van der Waals surface area contributed by atoms with Crippen molar-refractivity contribution in [2.75, 3.05) is 0 Å². The summed E-state index contributed by atoms with van der Waals surface area (Å²) in [7, 11) is 0. The van der Waals surface area contributed by atoms with Crippen LogP contribution in [0.2, 0.25) is 0 Å². The van der Waals surface area contributed by atoms with Gasteiger partial charge in [0, 0.05) is 9.75 Å². The van der Waals surface area contributed by atoms with Gasteiger partial charge >= 0.3 is 0 Å². The van der Waals surface area contributed by atoms with Crippen LogP contribution in [-0.2, 0) is 0 Å². The first-order valence-electron chi connectivity index (χ1n) is 3.86. The average molecular weight is 216 g/mol. The Kier molecular flexibility index (Phi) is 3.24. The quantitative estimate of drug-likeness (QED) is 0.587. The minimum absolute atomic E-state index is 0.00134. The van der Waals surface area contributed by atoms with Crippen LogP contribution in [0.25, 0.3) is 0 Å². The Bertz CT molecular complexity index is 311. The molecule has 1 aromatic heterocycles. The van der Waals surface area contributed by atoms with E-state index in [1.807, 2.05) is 26.0 Å². The molecule has 0 fully saturated rings. The standard InChI is InChI=1S/C8H12N2OS2/c1-5-3-4-7(13-5)6(2)10(11)8(9)12/h3-4,6,11H,1-2H3,(H2,9,12). The van der Waals surface area contributed by atoms with Gasteiger partial charge in [0.25, 0.3) is 0 Å². The van der Waals surface area contributed by atoms with Crippen molar-refractivity contribution in [3.8, 4) is 0 Å². The number of hydroxylamine groups is 2. The van der Waals surface area contributed by atoms with Crippen molar-refractivity contribution >= 4 is 28.7 Å². The summed E-state index contributed by atoms with van der Waals surface area (Å²) in [6.07, 6.45) is 0. The second kappa shape index (κ2) is 4.04. The third-order valence-corrected chi connectivity index (χ3v) is 3.12. The smallest absolute Gasteiger partial charge is 0.190 e. The lowest BCUT2D eigenvalue weighted by Crippen LogP contribution is -2.34. The van der Waals surface area contributed by atoms with Crippen molar-refractivity contribution in [1.82, 2.24) is 5.06 Å². The molecule has 0 spiro atoms. The third-order valence-electron chi connectivity index (χ3n) is 1.77. The fourth-order valence-corrected chi connectivity index (χ4v) is 2.06. The van der Waals surface area contributed by atoms with E-state index in [9.17, 15) is 5.21 Å². The minimum atomic E-state index is -0.170. The van der Waals surface area contributed by atoms with Gasteiger partial charge in [0.05, 0.1) is 6.04 Å². The predicted octanol–water partition coefficient (Wildman–Crippen LogP) is 2.05. The van der Waals surface area contributed by atoms with Gasteiger partial charge < -0.3 is 5.73 Å². The van der Waals surface area contributed by atoms with Gasteiger partial charge in [-0.3, -0.25) is 5.21 Å². The van der Waals surface area contributed by atoms with Gasteiger partial charge in [-0.05, 0) is 38.2 Å². The molecule has 1 aromatic rings. The van der Waals surface area contributed by atoms with E-state index < -0.39 is 0 Å². The van der Waals surface area contributed by atoms with Gasteiger partial charge in [-0.15, -0.1) is 11.3 Å². The molecule has 3 nitrogen and oxygen atoms in total. The normalized spacial score (nSPS) is 12.5. The molecule has 0 aliphatic carbocycles. The molecule has 0 saturated carbocycles. The van der Waals surface area contributed by atoms with E-state index in [0.717, 1.165) is 9.94 Å². The fourth-order valence-electron chi connectivity index (χ4n) is 0.989. The highest BCUT2D eigenvalue weighted by molar-refractivity contribution is 7.80. The zero-order valence-corrected chi connectivity index (χ0v) is 9.15. The third kappa shape index (κ3) is 2.40. The summed E-state index contributed by atoms with van der Waals surface area (Å²) in [5, 5.41) is 10.3. The Morgan fingerprint density at radius 1 is 1.69 bits per heavy atom. The molecular formula is C8H12N2OS2. The highest BCUT2D eigenvalue weighted by Crippen LogP contribution is 2.25. The highest BCUT2D eigenvalue weighted by Gasteiger charge is 2.15. The molecule has 0 aliphatic heterocycles. The molecule has 1 heterocycles. The number of hydrogen-bond donors (Lipinski definition) is 2. The summed E-state index contributed by atoms with van der Waals surface area (Å²) in [6, 6.07) is 3.80. The summed E-state index contributed by atoms with van der Waals surface area (Å²) < 4.78 is 0. The highest BCUT2D eigenvalue weighted by atomic mass is 32.1. The Morgan fingerprint density at radius 2 is 2.31 bits per heavy atom. The number of thiophene rings is 1. The molecule has 3 N–H and O–H groups in total. The molecule has 13 heavy (non-hydrogen) atoms. The largest absolute Gasteiger partial charge is 0.374 e. The van der Waals surface area contributed by atoms with Crippen LogP contribution >= 0.6 is 23.6 Å². The summed E-state index contributed by atoms with van der Waals surface area (Å²) in [6.45, 7) is 3.87. The van der Waals surface area contributed by atoms with E-state index in [1.54, 1.807) is 11.3 Å². The van der Waals surface area contributed by atoms with Gasteiger partial charge in [-0.2, -0.15) is 0 Å². The molecule has 0 amide bonds. The maximum absolute atomic E-state index is 9.43. The van der Waals surface area contributed by atoms with E-state index in [0.29, 0.717) is 0 Å². The van der Waals surface area contributed by atoms with E-state index in [1.165, 1.54) is 4.88 Å². The molecule has 0 aliphatic rings. The number of rotatable bonds is 2. The van der Waals surface area contributed by atoms with Crippen LogP contribution in [0.4, 0.5) is 0 Å². The van der Waals surface area contributed by atoms with E-state index in [-0.39, 0.29) is 11.2 Å². The number of aryl methyl sites for hydroxylation is 1. The molecular weight excluding hydrogens is 204 g/mol. The van der Waals surface area contributed by atoms with Crippen molar-refractivity contribution in [2.24, 2.45) is 5.73 Å². The first kappa shape index (κ1) is 10.4. The number of hydrogen-bond acceptors (Lipinski definition) is 3. The molecule has 0 saturated heterocycles. The second-order valence-electron chi connectivity index (χ2n) is 2.81. The molecule has 1 unspecified atom stereocenters. The molecule has 0 radical (unpaired) electrons. The van der Waals surface area contributed by atoms with Crippen LogP contribution in [0.3, 0.4) is 0 Å².